The molecule has 0 aliphatic rings. The van der Waals surface area contributed by atoms with E-state index in [9.17, 15) is 0 Å². The largest absolute Gasteiger partial charge is 0.0952 e. The molecule has 0 N–H and O–H groups in total. The minimum atomic E-state index is 0.513. The summed E-state index contributed by atoms with van der Waals surface area (Å²) in [5, 5.41) is 0. The molecule has 0 bridgehead atoms. The molecule has 1 atom stereocenters. The number of rotatable bonds is 4. The zero-order valence-corrected chi connectivity index (χ0v) is 11.2. The van der Waals surface area contributed by atoms with Crippen molar-refractivity contribution in [2.75, 3.05) is 0 Å². The molecular formula is C18H20. The van der Waals surface area contributed by atoms with Crippen LogP contribution in [-0.4, -0.2) is 0 Å². The summed E-state index contributed by atoms with van der Waals surface area (Å²) in [5.41, 5.74) is 5.25. The topological polar surface area (TPSA) is 0 Å². The third kappa shape index (κ3) is 2.89. The summed E-state index contributed by atoms with van der Waals surface area (Å²) < 4.78 is 0. The fourth-order valence-electron chi connectivity index (χ4n) is 2.41. The molecule has 1 unspecified atom stereocenters. The molecule has 0 aliphatic heterocycles. The average molecular weight is 236 g/mol. The quantitative estimate of drug-likeness (QED) is 0.684. The van der Waals surface area contributed by atoms with Crippen molar-refractivity contribution in [2.45, 2.75) is 26.2 Å². The van der Waals surface area contributed by atoms with Crippen LogP contribution in [0.4, 0.5) is 0 Å². The van der Waals surface area contributed by atoms with E-state index in [1.807, 2.05) is 6.07 Å². The van der Waals surface area contributed by atoms with Gasteiger partial charge in [0.1, 0.15) is 0 Å². The van der Waals surface area contributed by atoms with Crippen LogP contribution in [0, 0.1) is 6.92 Å². The summed E-state index contributed by atoms with van der Waals surface area (Å²) in [6, 6.07) is 19.1. The Kier molecular flexibility index (Phi) is 3.99. The highest BCUT2D eigenvalue weighted by molar-refractivity contribution is 5.64. The van der Waals surface area contributed by atoms with Gasteiger partial charge in [0.2, 0.25) is 0 Å². The highest BCUT2D eigenvalue weighted by Gasteiger charge is 2.10. The van der Waals surface area contributed by atoms with Crippen LogP contribution < -0.4 is 0 Å². The third-order valence-electron chi connectivity index (χ3n) is 3.45. The molecule has 2 rings (SSSR count). The Labute approximate surface area is 110 Å². The Morgan fingerprint density at radius 1 is 1.00 bits per heavy atom. The molecule has 0 aromatic heterocycles. The number of hydrogen-bond acceptors (Lipinski definition) is 0. The van der Waals surface area contributed by atoms with Gasteiger partial charge in [0.15, 0.2) is 0 Å². The predicted octanol–water partition coefficient (Wildman–Crippen LogP) is 5.20. The van der Waals surface area contributed by atoms with Crippen molar-refractivity contribution in [3.8, 4) is 0 Å². The highest BCUT2D eigenvalue weighted by Crippen LogP contribution is 2.29. The minimum Gasteiger partial charge on any atom is -0.0952 e. The van der Waals surface area contributed by atoms with Gasteiger partial charge in [-0.2, -0.15) is 0 Å². The van der Waals surface area contributed by atoms with E-state index in [-0.39, 0.29) is 0 Å². The second-order valence-electron chi connectivity index (χ2n) is 4.93. The highest BCUT2D eigenvalue weighted by atomic mass is 14.1. The summed E-state index contributed by atoms with van der Waals surface area (Å²) >= 11 is 0. The summed E-state index contributed by atoms with van der Waals surface area (Å²) in [4.78, 5) is 0. The first-order valence-electron chi connectivity index (χ1n) is 6.47. The van der Waals surface area contributed by atoms with E-state index in [1.165, 1.54) is 22.3 Å². The van der Waals surface area contributed by atoms with Crippen LogP contribution in [0.25, 0.3) is 5.57 Å². The summed E-state index contributed by atoms with van der Waals surface area (Å²) in [5.74, 6) is 0.513. The van der Waals surface area contributed by atoms with Crippen LogP contribution in [0.1, 0.15) is 36.0 Å². The van der Waals surface area contributed by atoms with Crippen molar-refractivity contribution in [1.82, 2.24) is 0 Å². The molecule has 0 heterocycles. The molecule has 0 aliphatic carbocycles. The Hall–Kier alpha value is -1.82. The summed E-state index contributed by atoms with van der Waals surface area (Å²) in [6.07, 6.45) is 1.01. The van der Waals surface area contributed by atoms with Crippen molar-refractivity contribution in [3.63, 3.8) is 0 Å². The SMILES string of the molecule is C=C(CC(C)c1ccccc1C)c1ccccc1. The first kappa shape index (κ1) is 12.6. The molecule has 18 heavy (non-hydrogen) atoms. The molecule has 2 aromatic carbocycles. The molecule has 2 aromatic rings. The van der Waals surface area contributed by atoms with E-state index < -0.39 is 0 Å². The Morgan fingerprint density at radius 3 is 2.28 bits per heavy atom. The van der Waals surface area contributed by atoms with E-state index in [0.29, 0.717) is 5.92 Å². The minimum absolute atomic E-state index is 0.513. The summed E-state index contributed by atoms with van der Waals surface area (Å²) in [7, 11) is 0. The monoisotopic (exact) mass is 236 g/mol. The first-order valence-corrected chi connectivity index (χ1v) is 6.47. The van der Waals surface area contributed by atoms with Crippen LogP contribution >= 0.6 is 0 Å². The van der Waals surface area contributed by atoms with Gasteiger partial charge in [-0.05, 0) is 41.5 Å². The van der Waals surface area contributed by atoms with Gasteiger partial charge in [0.25, 0.3) is 0 Å². The molecule has 0 saturated carbocycles. The molecule has 0 saturated heterocycles. The molecule has 0 amide bonds. The van der Waals surface area contributed by atoms with Crippen molar-refractivity contribution in [1.29, 1.82) is 0 Å². The summed E-state index contributed by atoms with van der Waals surface area (Å²) in [6.45, 7) is 8.67. The lowest BCUT2D eigenvalue weighted by atomic mass is 9.89. The lowest BCUT2D eigenvalue weighted by Gasteiger charge is -2.16. The Bertz CT molecular complexity index is 523. The van der Waals surface area contributed by atoms with Gasteiger partial charge < -0.3 is 0 Å². The molecular weight excluding hydrogens is 216 g/mol. The lowest BCUT2D eigenvalue weighted by Crippen LogP contribution is -1.97. The van der Waals surface area contributed by atoms with Crippen molar-refractivity contribution in [2.24, 2.45) is 0 Å². The Morgan fingerprint density at radius 2 is 1.61 bits per heavy atom. The van der Waals surface area contributed by atoms with Crippen LogP contribution in [-0.2, 0) is 0 Å². The zero-order valence-electron chi connectivity index (χ0n) is 11.2. The lowest BCUT2D eigenvalue weighted by molar-refractivity contribution is 0.785. The van der Waals surface area contributed by atoms with E-state index in [1.54, 1.807) is 0 Å². The van der Waals surface area contributed by atoms with Gasteiger partial charge in [-0.3, -0.25) is 0 Å². The zero-order chi connectivity index (χ0) is 13.0. The van der Waals surface area contributed by atoms with Crippen molar-refractivity contribution in [3.05, 3.63) is 77.9 Å². The van der Waals surface area contributed by atoms with Gasteiger partial charge in [-0.15, -0.1) is 0 Å². The van der Waals surface area contributed by atoms with Crippen molar-refractivity contribution >= 4 is 5.57 Å². The fourth-order valence-corrected chi connectivity index (χ4v) is 2.41. The molecule has 0 nitrogen and oxygen atoms in total. The number of allylic oxidation sites excluding steroid dienone is 1. The maximum atomic E-state index is 4.22. The van der Waals surface area contributed by atoms with E-state index >= 15 is 0 Å². The van der Waals surface area contributed by atoms with Crippen LogP contribution in [0.5, 0.6) is 0 Å². The molecule has 0 heteroatoms. The molecule has 0 fully saturated rings. The van der Waals surface area contributed by atoms with E-state index in [2.05, 4.69) is 69.0 Å². The molecule has 0 spiro atoms. The van der Waals surface area contributed by atoms with Crippen molar-refractivity contribution < 1.29 is 0 Å². The van der Waals surface area contributed by atoms with Gasteiger partial charge in [0.05, 0.1) is 0 Å². The van der Waals surface area contributed by atoms with Crippen LogP contribution in [0.3, 0.4) is 0 Å². The molecule has 0 radical (unpaired) electrons. The molecule has 92 valence electrons. The van der Waals surface area contributed by atoms with Crippen LogP contribution in [0.15, 0.2) is 61.2 Å². The second-order valence-corrected chi connectivity index (χ2v) is 4.93. The number of aryl methyl sites for hydroxylation is 1. The van der Waals surface area contributed by atoms with E-state index in [4.69, 9.17) is 0 Å². The van der Waals surface area contributed by atoms with Gasteiger partial charge >= 0.3 is 0 Å². The standard InChI is InChI=1S/C18H20/c1-14-9-7-8-12-18(14)16(3)13-15(2)17-10-5-4-6-11-17/h4-12,16H,2,13H2,1,3H3. The van der Waals surface area contributed by atoms with Crippen LogP contribution in [0.2, 0.25) is 0 Å². The predicted molar refractivity (Wildman–Crippen MR) is 79.7 cm³/mol. The van der Waals surface area contributed by atoms with Gasteiger partial charge in [0, 0.05) is 0 Å². The second kappa shape index (κ2) is 5.68. The third-order valence-corrected chi connectivity index (χ3v) is 3.45. The Balaban J connectivity index is 2.11. The van der Waals surface area contributed by atoms with E-state index in [0.717, 1.165) is 6.42 Å². The fraction of sp³-hybridized carbons (Fsp3) is 0.222. The number of benzene rings is 2. The number of hydrogen-bond donors (Lipinski definition) is 0. The smallest absolute Gasteiger partial charge is 0.0147 e. The van der Waals surface area contributed by atoms with Gasteiger partial charge in [-0.25, -0.2) is 0 Å². The first-order chi connectivity index (χ1) is 8.68. The maximum absolute atomic E-state index is 4.22. The average Bonchev–Trinajstić information content (AvgIpc) is 2.40. The normalized spacial score (nSPS) is 12.1. The maximum Gasteiger partial charge on any atom is -0.0147 e. The van der Waals surface area contributed by atoms with Gasteiger partial charge in [-0.1, -0.05) is 68.1 Å².